The van der Waals surface area contributed by atoms with Gasteiger partial charge < -0.3 is 24.6 Å². The summed E-state index contributed by atoms with van der Waals surface area (Å²) in [6, 6.07) is 10.1. The van der Waals surface area contributed by atoms with Crippen LogP contribution >= 0.6 is 0 Å². The van der Waals surface area contributed by atoms with Crippen LogP contribution in [-0.2, 0) is 16.1 Å². The van der Waals surface area contributed by atoms with Gasteiger partial charge in [0, 0.05) is 43.2 Å². The van der Waals surface area contributed by atoms with Gasteiger partial charge in [0.15, 0.2) is 0 Å². The normalized spacial score (nSPS) is 19.1. The number of benzene rings is 1. The second-order valence-electron chi connectivity index (χ2n) is 8.26. The Balaban J connectivity index is 1.50. The molecular weight excluding hydrogens is 414 g/mol. The minimum absolute atomic E-state index is 0.00955. The van der Waals surface area contributed by atoms with Crippen LogP contribution < -0.4 is 15.6 Å². The van der Waals surface area contributed by atoms with Crippen molar-refractivity contribution in [2.75, 3.05) is 25.5 Å². The molecule has 3 heterocycles. The molecule has 0 radical (unpaired) electrons. The van der Waals surface area contributed by atoms with Crippen LogP contribution in [0.1, 0.15) is 41.2 Å². The smallest absolute Gasteiger partial charge is 0.303 e. The summed E-state index contributed by atoms with van der Waals surface area (Å²) in [4.78, 5) is 50.5. The molecule has 4 rings (SSSR count). The minimum atomic E-state index is -0.989. The van der Waals surface area contributed by atoms with E-state index in [2.05, 4.69) is 5.32 Å². The molecule has 0 aliphatic carbocycles. The molecule has 2 aromatic rings. The number of hydrogen-bond acceptors (Lipinski definition) is 5. The van der Waals surface area contributed by atoms with Gasteiger partial charge in [0.1, 0.15) is 11.4 Å². The Kier molecular flexibility index (Phi) is 5.98. The van der Waals surface area contributed by atoms with Crippen molar-refractivity contribution in [3.8, 4) is 5.75 Å². The van der Waals surface area contributed by atoms with Gasteiger partial charge in [0.25, 0.3) is 11.5 Å². The third-order valence-corrected chi connectivity index (χ3v) is 6.11. The molecule has 1 aromatic carbocycles. The molecule has 2 aliphatic rings. The van der Waals surface area contributed by atoms with Crippen LogP contribution in [0.5, 0.6) is 5.75 Å². The highest BCUT2D eigenvalue weighted by Crippen LogP contribution is 2.35. The zero-order valence-corrected chi connectivity index (χ0v) is 17.7. The third kappa shape index (κ3) is 4.37. The fourth-order valence-electron chi connectivity index (χ4n) is 4.55. The van der Waals surface area contributed by atoms with E-state index < -0.39 is 5.97 Å². The maximum atomic E-state index is 13.1. The van der Waals surface area contributed by atoms with Crippen molar-refractivity contribution in [2.24, 2.45) is 5.92 Å². The Labute approximate surface area is 184 Å². The fraction of sp³-hybridized carbons (Fsp3) is 0.391. The van der Waals surface area contributed by atoms with E-state index in [0.717, 1.165) is 12.1 Å². The molecule has 2 atom stereocenters. The first kappa shape index (κ1) is 21.6. The number of carboxylic acid groups (broad SMARTS) is 1. The van der Waals surface area contributed by atoms with Gasteiger partial charge in [-0.2, -0.15) is 0 Å². The number of aromatic nitrogens is 1. The average molecular weight is 439 g/mol. The summed E-state index contributed by atoms with van der Waals surface area (Å²) in [5.41, 5.74) is 1.21. The van der Waals surface area contributed by atoms with Gasteiger partial charge in [0.05, 0.1) is 13.5 Å². The first-order valence-electron chi connectivity index (χ1n) is 10.5. The van der Waals surface area contributed by atoms with Gasteiger partial charge in [-0.05, 0) is 48.7 Å². The number of likely N-dealkylation sites (tertiary alicyclic amines) is 1. The molecule has 1 fully saturated rings. The number of hydrogen-bond donors (Lipinski definition) is 2. The Morgan fingerprint density at radius 3 is 2.50 bits per heavy atom. The molecule has 0 saturated carbocycles. The van der Waals surface area contributed by atoms with Gasteiger partial charge in [-0.3, -0.25) is 19.2 Å². The van der Waals surface area contributed by atoms with Crippen molar-refractivity contribution in [1.82, 2.24) is 9.47 Å². The van der Waals surface area contributed by atoms with Crippen molar-refractivity contribution in [1.29, 1.82) is 0 Å². The number of carboxylic acids is 1. The van der Waals surface area contributed by atoms with Crippen molar-refractivity contribution < 1.29 is 24.2 Å². The molecule has 1 saturated heterocycles. The summed E-state index contributed by atoms with van der Waals surface area (Å²) < 4.78 is 6.79. The van der Waals surface area contributed by atoms with Crippen LogP contribution in [0.2, 0.25) is 0 Å². The number of rotatable bonds is 6. The van der Waals surface area contributed by atoms with Gasteiger partial charge in [-0.25, -0.2) is 0 Å². The summed E-state index contributed by atoms with van der Waals surface area (Å²) in [5.74, 6) is -0.775. The lowest BCUT2D eigenvalue weighted by molar-refractivity contribution is -0.141. The zero-order valence-electron chi connectivity index (χ0n) is 17.7. The molecule has 9 nitrogen and oxygen atoms in total. The Morgan fingerprint density at radius 1 is 1.06 bits per heavy atom. The van der Waals surface area contributed by atoms with Crippen molar-refractivity contribution in [3.05, 3.63) is 58.0 Å². The number of carbonyl (C=O) groups excluding carboxylic acids is 2. The number of carbonyl (C=O) groups is 3. The van der Waals surface area contributed by atoms with Crippen molar-refractivity contribution in [2.45, 2.75) is 31.7 Å². The SMILES string of the molecule is COc1ccc(C(=O)Nc2ccc3n(c2=O)C[C@@H]2C[C@@H]3CN(C(=O)CCC(=O)O)C2)cc1. The van der Waals surface area contributed by atoms with E-state index in [0.29, 0.717) is 30.9 Å². The molecule has 0 spiro atoms. The fourth-order valence-corrected chi connectivity index (χ4v) is 4.55. The Morgan fingerprint density at radius 2 is 1.81 bits per heavy atom. The summed E-state index contributed by atoms with van der Waals surface area (Å²) >= 11 is 0. The zero-order chi connectivity index (χ0) is 22.8. The molecule has 168 valence electrons. The number of nitrogens with one attached hydrogen (secondary N) is 1. The molecule has 1 aromatic heterocycles. The van der Waals surface area contributed by atoms with Crippen molar-refractivity contribution in [3.63, 3.8) is 0 Å². The number of aliphatic carboxylic acids is 1. The second-order valence-corrected chi connectivity index (χ2v) is 8.26. The lowest BCUT2D eigenvalue weighted by Crippen LogP contribution is -2.49. The number of pyridine rings is 1. The van der Waals surface area contributed by atoms with E-state index in [1.54, 1.807) is 46.9 Å². The van der Waals surface area contributed by atoms with E-state index in [4.69, 9.17) is 9.84 Å². The number of piperidine rings is 1. The third-order valence-electron chi connectivity index (χ3n) is 6.11. The minimum Gasteiger partial charge on any atom is -0.497 e. The van der Waals surface area contributed by atoms with Crippen LogP contribution in [0.4, 0.5) is 5.69 Å². The Hall–Kier alpha value is -3.62. The van der Waals surface area contributed by atoms with E-state index in [9.17, 15) is 19.2 Å². The average Bonchev–Trinajstić information content (AvgIpc) is 2.79. The molecule has 9 heteroatoms. The number of methoxy groups -OCH3 is 1. The van der Waals surface area contributed by atoms with E-state index in [1.807, 2.05) is 6.07 Å². The van der Waals surface area contributed by atoms with E-state index in [-0.39, 0.29) is 47.7 Å². The van der Waals surface area contributed by atoms with Crippen molar-refractivity contribution >= 4 is 23.5 Å². The predicted molar refractivity (Wildman–Crippen MR) is 116 cm³/mol. The summed E-state index contributed by atoms with van der Waals surface area (Å²) in [6.45, 7) is 1.43. The maximum Gasteiger partial charge on any atom is 0.303 e. The summed E-state index contributed by atoms with van der Waals surface area (Å²) in [5, 5.41) is 11.5. The number of ether oxygens (including phenoxy) is 1. The highest BCUT2D eigenvalue weighted by atomic mass is 16.5. The van der Waals surface area contributed by atoms with Gasteiger partial charge in [-0.1, -0.05) is 0 Å². The second kappa shape index (κ2) is 8.86. The largest absolute Gasteiger partial charge is 0.497 e. The molecule has 2 bridgehead atoms. The highest BCUT2D eigenvalue weighted by Gasteiger charge is 2.36. The van der Waals surface area contributed by atoms with Crippen LogP contribution in [0.25, 0.3) is 0 Å². The quantitative estimate of drug-likeness (QED) is 0.710. The monoisotopic (exact) mass is 439 g/mol. The van der Waals surface area contributed by atoms with E-state index >= 15 is 0 Å². The maximum absolute atomic E-state index is 13.1. The first-order chi connectivity index (χ1) is 15.4. The molecule has 2 amide bonds. The molecule has 2 aliphatic heterocycles. The highest BCUT2D eigenvalue weighted by molar-refractivity contribution is 6.04. The number of fused-ring (bicyclic) bond motifs is 4. The van der Waals surface area contributed by atoms with Crippen LogP contribution in [0.3, 0.4) is 0 Å². The number of amides is 2. The lowest BCUT2D eigenvalue weighted by atomic mass is 9.83. The molecule has 32 heavy (non-hydrogen) atoms. The molecular formula is C23H25N3O6. The number of anilines is 1. The standard InChI is InChI=1S/C23H25N3O6/c1-32-17-4-2-15(3-5-17)22(30)24-18-6-7-19-16-10-14(12-26(19)23(18)31)11-25(13-16)20(27)8-9-21(28)29/h2-7,14,16H,8-13H2,1H3,(H,24,30)(H,28,29)/t14-,16-/m1/s1. The summed E-state index contributed by atoms with van der Waals surface area (Å²) in [7, 11) is 1.55. The molecule has 0 unspecified atom stereocenters. The van der Waals surface area contributed by atoms with Gasteiger partial charge in [0.2, 0.25) is 5.91 Å². The predicted octanol–water partition coefficient (Wildman–Crippen LogP) is 1.92. The van der Waals surface area contributed by atoms with Crippen LogP contribution in [0.15, 0.2) is 41.2 Å². The lowest BCUT2D eigenvalue weighted by Gasteiger charge is -2.43. The summed E-state index contributed by atoms with van der Waals surface area (Å²) in [6.07, 6.45) is 0.676. The number of nitrogens with zero attached hydrogens (tertiary/aromatic N) is 2. The molecule has 2 N–H and O–H groups in total. The first-order valence-corrected chi connectivity index (χ1v) is 10.5. The topological polar surface area (TPSA) is 118 Å². The van der Waals surface area contributed by atoms with Gasteiger partial charge in [-0.15, -0.1) is 0 Å². The van der Waals surface area contributed by atoms with E-state index in [1.165, 1.54) is 0 Å². The van der Waals surface area contributed by atoms with Crippen LogP contribution in [-0.4, -0.2) is 52.6 Å². The Bertz CT molecular complexity index is 1110. The van der Waals surface area contributed by atoms with Crippen LogP contribution in [0, 0.1) is 5.92 Å². The van der Waals surface area contributed by atoms with Gasteiger partial charge >= 0.3 is 5.97 Å².